The molecular formula is C27H41N7O4. The number of pyridine rings is 1. The lowest BCUT2D eigenvalue weighted by Crippen LogP contribution is -2.51. The quantitative estimate of drug-likeness (QED) is 0.620. The Morgan fingerprint density at radius 3 is 1.71 bits per heavy atom. The molecule has 3 aliphatic rings. The van der Waals surface area contributed by atoms with Crippen molar-refractivity contribution >= 4 is 23.8 Å². The molecule has 1 aromatic heterocycles. The molecule has 3 aliphatic heterocycles. The molecule has 11 nitrogen and oxygen atoms in total. The Balaban J connectivity index is 1.54. The van der Waals surface area contributed by atoms with Crippen molar-refractivity contribution in [3.8, 4) is 6.07 Å². The van der Waals surface area contributed by atoms with E-state index in [0.717, 1.165) is 29.9 Å². The van der Waals surface area contributed by atoms with Crippen LogP contribution in [0.5, 0.6) is 0 Å². The van der Waals surface area contributed by atoms with E-state index in [1.807, 2.05) is 41.5 Å². The summed E-state index contributed by atoms with van der Waals surface area (Å²) in [4.78, 5) is 38.0. The van der Waals surface area contributed by atoms with Crippen LogP contribution < -0.4 is 15.1 Å². The molecule has 0 bridgehead atoms. The van der Waals surface area contributed by atoms with E-state index >= 15 is 0 Å². The molecule has 1 aromatic rings. The number of aromatic nitrogens is 1. The third kappa shape index (κ3) is 6.41. The molecule has 0 spiro atoms. The van der Waals surface area contributed by atoms with Gasteiger partial charge in [-0.2, -0.15) is 5.26 Å². The first kappa shape index (κ1) is 27.8. The first-order valence-corrected chi connectivity index (χ1v) is 13.5. The van der Waals surface area contributed by atoms with Gasteiger partial charge in [-0.3, -0.25) is 0 Å². The van der Waals surface area contributed by atoms with Crippen molar-refractivity contribution in [3.63, 3.8) is 0 Å². The molecule has 2 amide bonds. The number of hydrogen-bond donors (Lipinski definition) is 1. The van der Waals surface area contributed by atoms with Crippen molar-refractivity contribution < 1.29 is 19.1 Å². The summed E-state index contributed by atoms with van der Waals surface area (Å²) >= 11 is 0. The van der Waals surface area contributed by atoms with Gasteiger partial charge in [0.1, 0.15) is 28.9 Å². The highest BCUT2D eigenvalue weighted by Crippen LogP contribution is 2.34. The number of fused-ring (bicyclic) bond motifs is 1. The molecule has 0 saturated carbocycles. The molecule has 4 rings (SSSR count). The van der Waals surface area contributed by atoms with Gasteiger partial charge in [-0.15, -0.1) is 0 Å². The Morgan fingerprint density at radius 2 is 1.26 bits per heavy atom. The first-order chi connectivity index (χ1) is 17.9. The number of amides is 2. The number of nitriles is 1. The second-order valence-corrected chi connectivity index (χ2v) is 12.0. The largest absolute Gasteiger partial charge is 0.444 e. The highest BCUT2D eigenvalue weighted by molar-refractivity contribution is 5.71. The minimum atomic E-state index is -0.544. The molecule has 4 heterocycles. The molecule has 0 unspecified atom stereocenters. The van der Waals surface area contributed by atoms with Crippen LogP contribution in [-0.2, 0) is 22.4 Å². The van der Waals surface area contributed by atoms with Gasteiger partial charge in [0.25, 0.3) is 0 Å². The van der Waals surface area contributed by atoms with Crippen molar-refractivity contribution in [3.05, 3.63) is 16.7 Å². The van der Waals surface area contributed by atoms with Crippen LogP contribution in [-0.4, -0.2) is 97.1 Å². The summed E-state index contributed by atoms with van der Waals surface area (Å²) in [7, 11) is 0. The van der Waals surface area contributed by atoms with E-state index in [1.165, 1.54) is 0 Å². The predicted octanol–water partition coefficient (Wildman–Crippen LogP) is 2.71. The average molecular weight is 528 g/mol. The summed E-state index contributed by atoms with van der Waals surface area (Å²) in [6.07, 6.45) is 0.189. The zero-order chi connectivity index (χ0) is 27.7. The van der Waals surface area contributed by atoms with Crippen molar-refractivity contribution in [1.82, 2.24) is 20.1 Å². The van der Waals surface area contributed by atoms with E-state index in [0.29, 0.717) is 70.3 Å². The van der Waals surface area contributed by atoms with Crippen molar-refractivity contribution in [2.45, 2.75) is 65.7 Å². The van der Waals surface area contributed by atoms with Gasteiger partial charge in [-0.05, 0) is 60.1 Å². The number of rotatable bonds is 2. The number of hydrogen-bond acceptors (Lipinski definition) is 9. The fraction of sp³-hybridized carbons (Fsp3) is 0.704. The van der Waals surface area contributed by atoms with Crippen LogP contribution in [0.25, 0.3) is 0 Å². The van der Waals surface area contributed by atoms with Gasteiger partial charge in [0, 0.05) is 64.5 Å². The average Bonchev–Trinajstić information content (AvgIpc) is 2.86. The fourth-order valence-electron chi connectivity index (χ4n) is 4.99. The SMILES string of the molecule is CC(C)(C)OC(=O)N1CCN(c2nc(N3CCN(C(=O)OC(C)(C)C)CC3)c3c(c2C#N)CNCC3)CC1. The zero-order valence-corrected chi connectivity index (χ0v) is 23.6. The number of nitrogens with one attached hydrogen (secondary N) is 1. The van der Waals surface area contributed by atoms with E-state index < -0.39 is 11.2 Å². The highest BCUT2D eigenvalue weighted by Gasteiger charge is 2.33. The maximum absolute atomic E-state index is 12.6. The van der Waals surface area contributed by atoms with Gasteiger partial charge in [0.05, 0.1) is 5.56 Å². The molecule has 0 aromatic carbocycles. The van der Waals surface area contributed by atoms with Crippen LogP contribution in [0, 0.1) is 11.3 Å². The highest BCUT2D eigenvalue weighted by atomic mass is 16.6. The molecule has 2 fully saturated rings. The third-order valence-electron chi connectivity index (χ3n) is 6.80. The van der Waals surface area contributed by atoms with Crippen molar-refractivity contribution in [1.29, 1.82) is 5.26 Å². The maximum atomic E-state index is 12.6. The van der Waals surface area contributed by atoms with Gasteiger partial charge in [0.2, 0.25) is 0 Å². The number of piperazine rings is 2. The monoisotopic (exact) mass is 527 g/mol. The topological polar surface area (TPSA) is 114 Å². The summed E-state index contributed by atoms with van der Waals surface area (Å²) in [6.45, 7) is 17.2. The molecule has 1 N–H and O–H groups in total. The lowest BCUT2D eigenvalue weighted by Gasteiger charge is -2.40. The van der Waals surface area contributed by atoms with Crippen molar-refractivity contribution in [2.24, 2.45) is 0 Å². The molecule has 38 heavy (non-hydrogen) atoms. The van der Waals surface area contributed by atoms with Gasteiger partial charge < -0.3 is 34.4 Å². The summed E-state index contributed by atoms with van der Waals surface area (Å²) < 4.78 is 11.1. The molecule has 2 saturated heterocycles. The predicted molar refractivity (Wildman–Crippen MR) is 144 cm³/mol. The van der Waals surface area contributed by atoms with Gasteiger partial charge in [0.15, 0.2) is 0 Å². The van der Waals surface area contributed by atoms with Crippen molar-refractivity contribution in [2.75, 3.05) is 68.7 Å². The Bertz CT molecular complexity index is 1090. The molecule has 11 heteroatoms. The molecule has 208 valence electrons. The number of ether oxygens (including phenoxy) is 2. The minimum Gasteiger partial charge on any atom is -0.444 e. The van der Waals surface area contributed by atoms with E-state index in [4.69, 9.17) is 14.5 Å². The Kier molecular flexibility index (Phi) is 7.93. The van der Waals surface area contributed by atoms with Crippen LogP contribution in [0.15, 0.2) is 0 Å². The van der Waals surface area contributed by atoms with Crippen LogP contribution in [0.1, 0.15) is 58.2 Å². The van der Waals surface area contributed by atoms with E-state index in [1.54, 1.807) is 9.80 Å². The second-order valence-electron chi connectivity index (χ2n) is 12.0. The minimum absolute atomic E-state index is 0.292. The van der Waals surface area contributed by atoms with Crippen LogP contribution in [0.4, 0.5) is 21.2 Å². The Labute approximate surface area is 225 Å². The number of nitrogens with zero attached hydrogens (tertiary/aromatic N) is 6. The number of carbonyl (C=O) groups excluding carboxylic acids is 2. The van der Waals surface area contributed by atoms with Crippen LogP contribution in [0.2, 0.25) is 0 Å². The lowest BCUT2D eigenvalue weighted by molar-refractivity contribution is 0.0230. The Hall–Kier alpha value is -3.26. The molecule has 0 aliphatic carbocycles. The van der Waals surface area contributed by atoms with Gasteiger partial charge >= 0.3 is 12.2 Å². The standard InChI is InChI=1S/C27H41N7O4/c1-26(2,3)37-24(35)33-13-9-31(10-14-33)22-19-7-8-29-18-21(19)20(17-28)23(30-22)32-11-15-34(16-12-32)25(36)38-27(4,5)6/h29H,7-16,18H2,1-6H3. The lowest BCUT2D eigenvalue weighted by atomic mass is 9.96. The van der Waals surface area contributed by atoms with E-state index in [9.17, 15) is 14.9 Å². The zero-order valence-electron chi connectivity index (χ0n) is 23.6. The molecule has 0 atom stereocenters. The van der Waals surface area contributed by atoms with Crippen LogP contribution >= 0.6 is 0 Å². The van der Waals surface area contributed by atoms with Gasteiger partial charge in [-0.1, -0.05) is 0 Å². The first-order valence-electron chi connectivity index (χ1n) is 13.5. The third-order valence-corrected chi connectivity index (χ3v) is 6.80. The second kappa shape index (κ2) is 10.8. The van der Waals surface area contributed by atoms with Crippen LogP contribution in [0.3, 0.4) is 0 Å². The fourth-order valence-corrected chi connectivity index (χ4v) is 4.99. The number of carbonyl (C=O) groups is 2. The Morgan fingerprint density at radius 1 is 0.789 bits per heavy atom. The smallest absolute Gasteiger partial charge is 0.410 e. The molecular weight excluding hydrogens is 486 g/mol. The molecule has 0 radical (unpaired) electrons. The van der Waals surface area contributed by atoms with Gasteiger partial charge in [-0.25, -0.2) is 14.6 Å². The summed E-state index contributed by atoms with van der Waals surface area (Å²) in [5.74, 6) is 1.57. The summed E-state index contributed by atoms with van der Waals surface area (Å²) in [6, 6.07) is 2.42. The number of anilines is 2. The van der Waals surface area contributed by atoms with E-state index in [2.05, 4.69) is 21.2 Å². The summed E-state index contributed by atoms with van der Waals surface area (Å²) in [5, 5.41) is 13.6. The normalized spacial score (nSPS) is 18.6. The maximum Gasteiger partial charge on any atom is 0.410 e. The van der Waals surface area contributed by atoms with E-state index in [-0.39, 0.29) is 12.2 Å². The summed E-state index contributed by atoms with van der Waals surface area (Å²) in [5.41, 5.74) is 1.65.